The van der Waals surface area contributed by atoms with Crippen molar-refractivity contribution in [2.75, 3.05) is 38.8 Å². The fourth-order valence-corrected chi connectivity index (χ4v) is 2.56. The first-order chi connectivity index (χ1) is 10.6. The maximum Gasteiger partial charge on any atom is 0.252 e. The number of carbonyl (C=O) groups excluding carboxylic acids is 2. The Morgan fingerprint density at radius 1 is 1.32 bits per heavy atom. The lowest BCUT2D eigenvalue weighted by Crippen LogP contribution is -2.54. The van der Waals surface area contributed by atoms with Crippen LogP contribution in [0.15, 0.2) is 24.3 Å². The van der Waals surface area contributed by atoms with Crippen molar-refractivity contribution in [3.63, 3.8) is 0 Å². The van der Waals surface area contributed by atoms with Crippen LogP contribution in [0.3, 0.4) is 0 Å². The van der Waals surface area contributed by atoms with E-state index in [2.05, 4.69) is 0 Å². The van der Waals surface area contributed by atoms with Crippen LogP contribution in [0.4, 0.5) is 5.69 Å². The molecule has 1 fully saturated rings. The summed E-state index contributed by atoms with van der Waals surface area (Å²) in [6.45, 7) is 2.94. The highest BCUT2D eigenvalue weighted by atomic mass is 16.5. The number of hydrogen-bond acceptors (Lipinski definition) is 4. The van der Waals surface area contributed by atoms with Crippen LogP contribution >= 0.6 is 0 Å². The number of hydrogen-bond donors (Lipinski definition) is 0. The predicted molar refractivity (Wildman–Crippen MR) is 83.0 cm³/mol. The summed E-state index contributed by atoms with van der Waals surface area (Å²) < 4.78 is 10.3. The molecule has 2 amide bonds. The Bertz CT molecular complexity index is 543. The minimum atomic E-state index is -0.476. The molecule has 1 atom stereocenters. The summed E-state index contributed by atoms with van der Waals surface area (Å²) in [5.41, 5.74) is 0.787. The van der Waals surface area contributed by atoms with E-state index >= 15 is 0 Å². The minimum Gasteiger partial charge on any atom is -0.497 e. The summed E-state index contributed by atoms with van der Waals surface area (Å²) in [7, 11) is 3.10. The van der Waals surface area contributed by atoms with Gasteiger partial charge < -0.3 is 19.3 Å². The first kappa shape index (κ1) is 16.3. The van der Waals surface area contributed by atoms with Crippen LogP contribution in [-0.4, -0.2) is 56.7 Å². The molecule has 0 N–H and O–H groups in total. The third-order valence-electron chi connectivity index (χ3n) is 3.83. The molecule has 1 heterocycles. The lowest BCUT2D eigenvalue weighted by Gasteiger charge is -2.35. The van der Waals surface area contributed by atoms with Crippen molar-refractivity contribution >= 4 is 17.5 Å². The van der Waals surface area contributed by atoms with Gasteiger partial charge in [0.05, 0.1) is 7.11 Å². The third-order valence-corrected chi connectivity index (χ3v) is 3.83. The number of carbonyl (C=O) groups is 2. The first-order valence-electron chi connectivity index (χ1n) is 7.36. The predicted octanol–water partition coefficient (Wildman–Crippen LogP) is 1.30. The van der Waals surface area contributed by atoms with Crippen LogP contribution < -0.4 is 9.64 Å². The van der Waals surface area contributed by atoms with Crippen molar-refractivity contribution in [3.05, 3.63) is 24.3 Å². The van der Waals surface area contributed by atoms with Gasteiger partial charge in [-0.3, -0.25) is 9.59 Å². The zero-order valence-corrected chi connectivity index (χ0v) is 13.2. The van der Waals surface area contributed by atoms with Crippen molar-refractivity contribution in [3.8, 4) is 5.75 Å². The second-order valence-corrected chi connectivity index (χ2v) is 5.14. The molecule has 1 aliphatic heterocycles. The zero-order chi connectivity index (χ0) is 16.1. The van der Waals surface area contributed by atoms with Gasteiger partial charge in [0.15, 0.2) is 0 Å². The molecular weight excluding hydrogens is 284 g/mol. The summed E-state index contributed by atoms with van der Waals surface area (Å²) in [5.74, 6) is 0.483. The Morgan fingerprint density at radius 3 is 2.68 bits per heavy atom. The van der Waals surface area contributed by atoms with Gasteiger partial charge in [0.2, 0.25) is 5.91 Å². The van der Waals surface area contributed by atoms with E-state index in [0.29, 0.717) is 25.3 Å². The van der Waals surface area contributed by atoms with Crippen LogP contribution in [0.2, 0.25) is 0 Å². The Hall–Kier alpha value is -2.08. The summed E-state index contributed by atoms with van der Waals surface area (Å²) in [5, 5.41) is 0. The molecule has 6 heteroatoms. The topological polar surface area (TPSA) is 59.1 Å². The lowest BCUT2D eigenvalue weighted by atomic mass is 10.2. The molecule has 2 rings (SSSR count). The summed E-state index contributed by atoms with van der Waals surface area (Å²) >= 11 is 0. The standard InChI is InChI=1S/C16H22N2O4/c1-4-14(22-3)16(20)17-8-9-18(15(19)11-17)12-6-5-7-13(10-12)21-2/h5-7,10,14H,4,8-9,11H2,1-3H3. The van der Waals surface area contributed by atoms with Crippen molar-refractivity contribution in [1.82, 2.24) is 4.90 Å². The number of anilines is 1. The molecule has 0 spiro atoms. The Morgan fingerprint density at radius 2 is 2.09 bits per heavy atom. The largest absolute Gasteiger partial charge is 0.497 e. The highest BCUT2D eigenvalue weighted by molar-refractivity contribution is 5.98. The minimum absolute atomic E-state index is 0.0793. The number of methoxy groups -OCH3 is 2. The molecule has 0 saturated carbocycles. The van der Waals surface area contributed by atoms with Gasteiger partial charge in [-0.1, -0.05) is 13.0 Å². The highest BCUT2D eigenvalue weighted by Gasteiger charge is 2.31. The summed E-state index contributed by atoms with van der Waals surface area (Å²) in [6.07, 6.45) is 0.121. The van der Waals surface area contributed by atoms with Crippen molar-refractivity contribution in [2.24, 2.45) is 0 Å². The van der Waals surface area contributed by atoms with Gasteiger partial charge in [0.1, 0.15) is 18.4 Å². The van der Waals surface area contributed by atoms with Gasteiger partial charge in [0.25, 0.3) is 5.91 Å². The maximum atomic E-state index is 12.4. The Kier molecular flexibility index (Phi) is 5.38. The average molecular weight is 306 g/mol. The molecule has 1 aromatic carbocycles. The van der Waals surface area contributed by atoms with Crippen molar-refractivity contribution in [1.29, 1.82) is 0 Å². The summed E-state index contributed by atoms with van der Waals surface area (Å²) in [4.78, 5) is 27.9. The first-order valence-corrected chi connectivity index (χ1v) is 7.36. The van der Waals surface area contributed by atoms with Crippen LogP contribution in [-0.2, 0) is 14.3 Å². The number of nitrogens with zero attached hydrogens (tertiary/aromatic N) is 2. The molecule has 1 unspecified atom stereocenters. The lowest BCUT2D eigenvalue weighted by molar-refractivity contribution is -0.145. The smallest absolute Gasteiger partial charge is 0.252 e. The monoisotopic (exact) mass is 306 g/mol. The van der Waals surface area contributed by atoms with Crippen LogP contribution in [0.25, 0.3) is 0 Å². The third kappa shape index (κ3) is 3.39. The number of piperazine rings is 1. The van der Waals surface area contributed by atoms with E-state index in [9.17, 15) is 9.59 Å². The molecule has 22 heavy (non-hydrogen) atoms. The molecule has 0 radical (unpaired) electrons. The highest BCUT2D eigenvalue weighted by Crippen LogP contribution is 2.23. The SMILES string of the molecule is CCC(OC)C(=O)N1CCN(c2cccc(OC)c2)C(=O)C1. The molecule has 6 nitrogen and oxygen atoms in total. The quantitative estimate of drug-likeness (QED) is 0.822. The van der Waals surface area contributed by atoms with E-state index in [1.807, 2.05) is 31.2 Å². The zero-order valence-electron chi connectivity index (χ0n) is 13.2. The fraction of sp³-hybridized carbons (Fsp3) is 0.500. The van der Waals surface area contributed by atoms with E-state index in [-0.39, 0.29) is 18.4 Å². The van der Waals surface area contributed by atoms with Crippen LogP contribution in [0.1, 0.15) is 13.3 Å². The van der Waals surface area contributed by atoms with E-state index in [1.54, 1.807) is 16.9 Å². The van der Waals surface area contributed by atoms with E-state index in [0.717, 1.165) is 5.69 Å². The van der Waals surface area contributed by atoms with Gasteiger partial charge in [0, 0.05) is 32.0 Å². The van der Waals surface area contributed by atoms with E-state index in [4.69, 9.17) is 9.47 Å². The average Bonchev–Trinajstić information content (AvgIpc) is 2.55. The molecule has 0 aliphatic carbocycles. The molecular formula is C16H22N2O4. The molecule has 0 aromatic heterocycles. The molecule has 1 aliphatic rings. The molecule has 1 saturated heterocycles. The number of amides is 2. The summed E-state index contributed by atoms with van der Waals surface area (Å²) in [6, 6.07) is 7.36. The van der Waals surface area contributed by atoms with Gasteiger partial charge in [-0.2, -0.15) is 0 Å². The normalized spacial score (nSPS) is 16.6. The van der Waals surface area contributed by atoms with Gasteiger partial charge in [-0.05, 0) is 18.6 Å². The Balaban J connectivity index is 2.06. The van der Waals surface area contributed by atoms with Gasteiger partial charge in [-0.15, -0.1) is 0 Å². The van der Waals surface area contributed by atoms with Gasteiger partial charge in [-0.25, -0.2) is 0 Å². The molecule has 120 valence electrons. The number of rotatable bonds is 5. The van der Waals surface area contributed by atoms with Gasteiger partial charge >= 0.3 is 0 Å². The molecule has 1 aromatic rings. The Labute approximate surface area is 130 Å². The van der Waals surface area contributed by atoms with E-state index < -0.39 is 6.10 Å². The van der Waals surface area contributed by atoms with Crippen LogP contribution in [0.5, 0.6) is 5.75 Å². The van der Waals surface area contributed by atoms with Crippen LogP contribution in [0, 0.1) is 0 Å². The fourth-order valence-electron chi connectivity index (χ4n) is 2.56. The second kappa shape index (κ2) is 7.26. The van der Waals surface area contributed by atoms with E-state index in [1.165, 1.54) is 7.11 Å². The molecule has 0 bridgehead atoms. The van der Waals surface area contributed by atoms with Crippen molar-refractivity contribution < 1.29 is 19.1 Å². The second-order valence-electron chi connectivity index (χ2n) is 5.14. The van der Waals surface area contributed by atoms with Crippen molar-refractivity contribution in [2.45, 2.75) is 19.4 Å². The number of ether oxygens (including phenoxy) is 2. The maximum absolute atomic E-state index is 12.4. The number of benzene rings is 1.